The number of rotatable bonds is 3. The third kappa shape index (κ3) is 4.12. The molecule has 0 atom stereocenters. The number of alkyl carbamates (subject to hydrolysis) is 1. The van der Waals surface area contributed by atoms with Crippen LogP contribution in [-0.4, -0.2) is 25.7 Å². The monoisotopic (exact) mass is 209 g/mol. The van der Waals surface area contributed by atoms with Gasteiger partial charge in [-0.2, -0.15) is 0 Å². The average Bonchev–Trinajstić information content (AvgIpc) is 2.27. The van der Waals surface area contributed by atoms with Crippen LogP contribution >= 0.6 is 0 Å². The SMILES string of the molecule is COC(=O)NC(=O)COc1ccccc1. The van der Waals surface area contributed by atoms with Crippen molar-refractivity contribution in [2.75, 3.05) is 13.7 Å². The minimum Gasteiger partial charge on any atom is -0.484 e. The number of ether oxygens (including phenoxy) is 2. The van der Waals surface area contributed by atoms with Crippen LogP contribution in [0.25, 0.3) is 0 Å². The van der Waals surface area contributed by atoms with E-state index >= 15 is 0 Å². The predicted molar refractivity (Wildman–Crippen MR) is 52.5 cm³/mol. The summed E-state index contributed by atoms with van der Waals surface area (Å²) in [7, 11) is 1.18. The van der Waals surface area contributed by atoms with Gasteiger partial charge in [-0.05, 0) is 12.1 Å². The second-order valence-corrected chi connectivity index (χ2v) is 2.64. The average molecular weight is 209 g/mol. The van der Waals surface area contributed by atoms with Crippen molar-refractivity contribution in [3.8, 4) is 5.75 Å². The lowest BCUT2D eigenvalue weighted by Crippen LogP contribution is -2.34. The van der Waals surface area contributed by atoms with Crippen molar-refractivity contribution in [3.05, 3.63) is 30.3 Å². The first kappa shape index (κ1) is 11.0. The Labute approximate surface area is 87.0 Å². The minimum atomic E-state index is -0.795. The van der Waals surface area contributed by atoms with E-state index in [4.69, 9.17) is 4.74 Å². The molecule has 1 N–H and O–H groups in total. The van der Waals surface area contributed by atoms with Crippen LogP contribution in [0.2, 0.25) is 0 Å². The van der Waals surface area contributed by atoms with Crippen molar-refractivity contribution in [1.82, 2.24) is 5.32 Å². The third-order valence-corrected chi connectivity index (χ3v) is 1.54. The number of hydrogen-bond donors (Lipinski definition) is 1. The summed E-state index contributed by atoms with van der Waals surface area (Å²) in [6.07, 6.45) is -0.795. The second-order valence-electron chi connectivity index (χ2n) is 2.64. The molecular weight excluding hydrogens is 198 g/mol. The molecule has 0 saturated carbocycles. The number of methoxy groups -OCH3 is 1. The van der Waals surface area contributed by atoms with Crippen LogP contribution in [0.3, 0.4) is 0 Å². The van der Waals surface area contributed by atoms with Crippen molar-refractivity contribution in [1.29, 1.82) is 0 Å². The van der Waals surface area contributed by atoms with E-state index < -0.39 is 12.0 Å². The summed E-state index contributed by atoms with van der Waals surface area (Å²) >= 11 is 0. The fourth-order valence-corrected chi connectivity index (χ4v) is 0.867. The van der Waals surface area contributed by atoms with E-state index in [9.17, 15) is 9.59 Å². The van der Waals surface area contributed by atoms with Gasteiger partial charge in [0.05, 0.1) is 7.11 Å². The molecule has 0 aliphatic rings. The third-order valence-electron chi connectivity index (χ3n) is 1.54. The molecule has 5 heteroatoms. The summed E-state index contributed by atoms with van der Waals surface area (Å²) in [5.74, 6) is 0.0169. The molecule has 0 unspecified atom stereocenters. The van der Waals surface area contributed by atoms with Crippen molar-refractivity contribution in [2.24, 2.45) is 0 Å². The standard InChI is InChI=1S/C10H11NO4/c1-14-10(13)11-9(12)7-15-8-5-3-2-4-6-8/h2-6H,7H2,1H3,(H,11,12,13). The van der Waals surface area contributed by atoms with E-state index in [1.807, 2.05) is 11.4 Å². The molecule has 0 fully saturated rings. The van der Waals surface area contributed by atoms with Crippen LogP contribution in [0.5, 0.6) is 5.75 Å². The number of amides is 2. The molecule has 0 spiro atoms. The summed E-state index contributed by atoms with van der Waals surface area (Å²) in [5.41, 5.74) is 0. The van der Waals surface area contributed by atoms with E-state index in [1.54, 1.807) is 24.3 Å². The van der Waals surface area contributed by atoms with E-state index in [0.717, 1.165) is 0 Å². The van der Waals surface area contributed by atoms with Crippen LogP contribution in [-0.2, 0) is 9.53 Å². The van der Waals surface area contributed by atoms with Crippen molar-refractivity contribution in [3.63, 3.8) is 0 Å². The van der Waals surface area contributed by atoms with E-state index in [1.165, 1.54) is 7.11 Å². The van der Waals surface area contributed by atoms with Gasteiger partial charge in [0.1, 0.15) is 5.75 Å². The minimum absolute atomic E-state index is 0.223. The Morgan fingerprint density at radius 3 is 2.53 bits per heavy atom. The lowest BCUT2D eigenvalue weighted by Gasteiger charge is -2.05. The van der Waals surface area contributed by atoms with Crippen LogP contribution in [0, 0.1) is 0 Å². The van der Waals surface area contributed by atoms with Gasteiger partial charge in [0.25, 0.3) is 5.91 Å². The Bertz CT molecular complexity index is 337. The summed E-state index contributed by atoms with van der Waals surface area (Å²) in [6, 6.07) is 8.83. The molecule has 0 aromatic heterocycles. The first-order chi connectivity index (χ1) is 7.22. The molecule has 1 aromatic rings. The number of nitrogens with one attached hydrogen (secondary N) is 1. The quantitative estimate of drug-likeness (QED) is 0.804. The van der Waals surface area contributed by atoms with Crippen LogP contribution in [0.4, 0.5) is 4.79 Å². The van der Waals surface area contributed by atoms with Gasteiger partial charge in [-0.3, -0.25) is 10.1 Å². The van der Waals surface area contributed by atoms with E-state index in [2.05, 4.69) is 4.74 Å². The maximum absolute atomic E-state index is 11.0. The summed E-state index contributed by atoms with van der Waals surface area (Å²) in [4.78, 5) is 21.7. The normalized spacial score (nSPS) is 9.13. The van der Waals surface area contributed by atoms with Gasteiger partial charge < -0.3 is 9.47 Å². The zero-order chi connectivity index (χ0) is 11.1. The molecule has 1 aromatic carbocycles. The molecule has 2 amide bonds. The molecule has 1 rings (SSSR count). The first-order valence-corrected chi connectivity index (χ1v) is 4.28. The molecule has 0 saturated heterocycles. The van der Waals surface area contributed by atoms with Crippen LogP contribution in [0.1, 0.15) is 0 Å². The Hall–Kier alpha value is -2.04. The van der Waals surface area contributed by atoms with Gasteiger partial charge in [-0.15, -0.1) is 0 Å². The number of benzene rings is 1. The number of carbonyl (C=O) groups excluding carboxylic acids is 2. The molecule has 0 bridgehead atoms. The Kier molecular flexibility index (Phi) is 4.15. The van der Waals surface area contributed by atoms with Gasteiger partial charge in [0.2, 0.25) is 0 Å². The van der Waals surface area contributed by atoms with Crippen molar-refractivity contribution in [2.45, 2.75) is 0 Å². The van der Waals surface area contributed by atoms with E-state index in [0.29, 0.717) is 5.75 Å². The Morgan fingerprint density at radius 1 is 1.27 bits per heavy atom. The van der Waals surface area contributed by atoms with Crippen LogP contribution in [0.15, 0.2) is 30.3 Å². The van der Waals surface area contributed by atoms with Gasteiger partial charge in [0, 0.05) is 0 Å². The topological polar surface area (TPSA) is 64.6 Å². The van der Waals surface area contributed by atoms with Gasteiger partial charge >= 0.3 is 6.09 Å². The molecule has 0 aliphatic heterocycles. The first-order valence-electron chi connectivity index (χ1n) is 4.28. The van der Waals surface area contributed by atoms with E-state index in [-0.39, 0.29) is 6.61 Å². The predicted octanol–water partition coefficient (Wildman–Crippen LogP) is 0.948. The van der Waals surface area contributed by atoms with Gasteiger partial charge in [-0.25, -0.2) is 4.79 Å². The zero-order valence-corrected chi connectivity index (χ0v) is 8.23. The van der Waals surface area contributed by atoms with Crippen molar-refractivity contribution < 1.29 is 19.1 Å². The molecule has 15 heavy (non-hydrogen) atoms. The second kappa shape index (κ2) is 5.64. The number of carbonyl (C=O) groups is 2. The summed E-state index contributed by atoms with van der Waals surface area (Å²) in [6.45, 7) is -0.223. The molecule has 5 nitrogen and oxygen atoms in total. The highest BCUT2D eigenvalue weighted by Gasteiger charge is 2.07. The lowest BCUT2D eigenvalue weighted by atomic mass is 10.3. The van der Waals surface area contributed by atoms with Gasteiger partial charge in [0.15, 0.2) is 6.61 Å². The summed E-state index contributed by atoms with van der Waals surface area (Å²) in [5, 5.41) is 1.97. The molecule has 0 radical (unpaired) electrons. The van der Waals surface area contributed by atoms with Gasteiger partial charge in [-0.1, -0.05) is 18.2 Å². The highest BCUT2D eigenvalue weighted by molar-refractivity contribution is 5.92. The summed E-state index contributed by atoms with van der Waals surface area (Å²) < 4.78 is 9.34. The molecule has 80 valence electrons. The zero-order valence-electron chi connectivity index (χ0n) is 8.23. The molecule has 0 aliphatic carbocycles. The fourth-order valence-electron chi connectivity index (χ4n) is 0.867. The number of imide groups is 1. The molecule has 0 heterocycles. The lowest BCUT2D eigenvalue weighted by molar-refractivity contribution is -0.122. The number of hydrogen-bond acceptors (Lipinski definition) is 4. The smallest absolute Gasteiger partial charge is 0.413 e. The van der Waals surface area contributed by atoms with Crippen molar-refractivity contribution >= 4 is 12.0 Å². The fraction of sp³-hybridized carbons (Fsp3) is 0.200. The Balaban J connectivity index is 2.32. The largest absolute Gasteiger partial charge is 0.484 e. The maximum Gasteiger partial charge on any atom is 0.413 e. The van der Waals surface area contributed by atoms with Crippen LogP contribution < -0.4 is 10.1 Å². The maximum atomic E-state index is 11.0. The highest BCUT2D eigenvalue weighted by Crippen LogP contribution is 2.07. The highest BCUT2D eigenvalue weighted by atomic mass is 16.5. The molecular formula is C10H11NO4. The number of para-hydroxylation sites is 1. The Morgan fingerprint density at radius 2 is 1.93 bits per heavy atom.